The number of amidine groups is 1. The zero-order chi connectivity index (χ0) is 22.7. The molecule has 0 radical (unpaired) electrons. The Bertz CT molecular complexity index is 1050. The number of nitrogens with zero attached hydrogens (tertiary/aromatic N) is 2. The van der Waals surface area contributed by atoms with Crippen molar-refractivity contribution in [2.45, 2.75) is 25.7 Å². The van der Waals surface area contributed by atoms with Crippen molar-refractivity contribution in [3.63, 3.8) is 0 Å². The van der Waals surface area contributed by atoms with Crippen molar-refractivity contribution in [3.05, 3.63) is 59.7 Å². The van der Waals surface area contributed by atoms with E-state index in [1.165, 1.54) is 0 Å². The summed E-state index contributed by atoms with van der Waals surface area (Å²) in [6, 6.07) is 14.2. The van der Waals surface area contributed by atoms with E-state index in [9.17, 15) is 14.4 Å². The number of anilines is 2. The highest BCUT2D eigenvalue weighted by Gasteiger charge is 2.31. The van der Waals surface area contributed by atoms with E-state index in [-0.39, 0.29) is 29.5 Å². The number of hydrogen-bond donors (Lipinski definition) is 3. The molecule has 2 saturated heterocycles. The second-order valence-corrected chi connectivity index (χ2v) is 8.30. The molecule has 8 heteroatoms. The van der Waals surface area contributed by atoms with Crippen LogP contribution >= 0.6 is 0 Å². The molecule has 0 aliphatic carbocycles. The minimum atomic E-state index is -0.255. The molecule has 2 aliphatic rings. The summed E-state index contributed by atoms with van der Waals surface area (Å²) in [5.74, 6) is -0.178. The average Bonchev–Trinajstić information content (AvgIpc) is 3.18. The number of benzene rings is 2. The topological polar surface area (TPSA) is 120 Å². The van der Waals surface area contributed by atoms with E-state index in [2.05, 4.69) is 5.32 Å². The average molecular weight is 434 g/mol. The molecule has 2 fully saturated rings. The van der Waals surface area contributed by atoms with Crippen LogP contribution in [0.25, 0.3) is 0 Å². The normalized spacial score (nSPS) is 18.7. The van der Waals surface area contributed by atoms with Gasteiger partial charge in [0, 0.05) is 60.9 Å². The molecule has 4 rings (SSSR count). The SMILES string of the molecule is N=C(N)c1cccc(C(=O)NCC2CC(=O)N(c3ccc(N4CCCCC4=O)cc3)C2)c1. The van der Waals surface area contributed by atoms with Gasteiger partial charge in [0.25, 0.3) is 5.91 Å². The molecule has 32 heavy (non-hydrogen) atoms. The van der Waals surface area contributed by atoms with Crippen molar-refractivity contribution < 1.29 is 14.4 Å². The molecule has 0 spiro atoms. The second kappa shape index (κ2) is 9.21. The third-order valence-electron chi connectivity index (χ3n) is 5.99. The van der Waals surface area contributed by atoms with E-state index in [4.69, 9.17) is 11.1 Å². The summed E-state index contributed by atoms with van der Waals surface area (Å²) < 4.78 is 0. The van der Waals surface area contributed by atoms with Gasteiger partial charge in [-0.3, -0.25) is 19.8 Å². The van der Waals surface area contributed by atoms with Crippen LogP contribution in [-0.2, 0) is 9.59 Å². The van der Waals surface area contributed by atoms with Crippen molar-refractivity contribution in [2.24, 2.45) is 11.7 Å². The highest BCUT2D eigenvalue weighted by Crippen LogP contribution is 2.28. The maximum Gasteiger partial charge on any atom is 0.251 e. The van der Waals surface area contributed by atoms with Crippen LogP contribution in [0.1, 0.15) is 41.6 Å². The van der Waals surface area contributed by atoms with E-state index in [1.54, 1.807) is 34.1 Å². The largest absolute Gasteiger partial charge is 0.384 e. The lowest BCUT2D eigenvalue weighted by Gasteiger charge is -2.27. The van der Waals surface area contributed by atoms with E-state index in [1.807, 2.05) is 24.3 Å². The Hall–Kier alpha value is -3.68. The number of hydrogen-bond acceptors (Lipinski definition) is 4. The fourth-order valence-electron chi connectivity index (χ4n) is 4.23. The van der Waals surface area contributed by atoms with E-state index in [0.29, 0.717) is 37.1 Å². The highest BCUT2D eigenvalue weighted by molar-refractivity contribution is 6.00. The van der Waals surface area contributed by atoms with Gasteiger partial charge in [0.2, 0.25) is 11.8 Å². The predicted octanol–water partition coefficient (Wildman–Crippen LogP) is 2.27. The number of carbonyl (C=O) groups is 3. The van der Waals surface area contributed by atoms with Gasteiger partial charge >= 0.3 is 0 Å². The highest BCUT2D eigenvalue weighted by atomic mass is 16.2. The van der Waals surface area contributed by atoms with Crippen molar-refractivity contribution in [2.75, 3.05) is 29.4 Å². The molecule has 0 saturated carbocycles. The van der Waals surface area contributed by atoms with Gasteiger partial charge in [0.15, 0.2) is 0 Å². The van der Waals surface area contributed by atoms with Crippen molar-refractivity contribution >= 4 is 34.9 Å². The number of carbonyl (C=O) groups excluding carboxylic acids is 3. The smallest absolute Gasteiger partial charge is 0.251 e. The molecule has 2 aromatic rings. The summed E-state index contributed by atoms with van der Waals surface area (Å²) in [7, 11) is 0. The lowest BCUT2D eigenvalue weighted by molar-refractivity contribution is -0.119. The first-order valence-electron chi connectivity index (χ1n) is 10.9. The number of nitrogens with one attached hydrogen (secondary N) is 2. The summed E-state index contributed by atoms with van der Waals surface area (Å²) in [4.78, 5) is 40.7. The first-order chi connectivity index (χ1) is 15.4. The van der Waals surface area contributed by atoms with Crippen LogP contribution in [0.2, 0.25) is 0 Å². The van der Waals surface area contributed by atoms with Gasteiger partial charge < -0.3 is 20.9 Å². The van der Waals surface area contributed by atoms with Crippen LogP contribution in [0.5, 0.6) is 0 Å². The van der Waals surface area contributed by atoms with Gasteiger partial charge in [0.1, 0.15) is 5.84 Å². The zero-order valence-electron chi connectivity index (χ0n) is 17.8. The minimum Gasteiger partial charge on any atom is -0.384 e. The second-order valence-electron chi connectivity index (χ2n) is 8.30. The Morgan fingerprint density at radius 1 is 1.00 bits per heavy atom. The molecule has 2 aliphatic heterocycles. The molecule has 4 N–H and O–H groups in total. The van der Waals surface area contributed by atoms with Crippen molar-refractivity contribution in [1.82, 2.24) is 5.32 Å². The zero-order valence-corrected chi connectivity index (χ0v) is 17.8. The maximum atomic E-state index is 12.6. The molecule has 0 aromatic heterocycles. The van der Waals surface area contributed by atoms with Crippen LogP contribution in [-0.4, -0.2) is 43.2 Å². The van der Waals surface area contributed by atoms with Gasteiger partial charge in [-0.25, -0.2) is 0 Å². The van der Waals surface area contributed by atoms with Crippen molar-refractivity contribution in [1.29, 1.82) is 5.41 Å². The minimum absolute atomic E-state index is 0.00536. The third-order valence-corrected chi connectivity index (χ3v) is 5.99. The summed E-state index contributed by atoms with van der Waals surface area (Å²) in [6.07, 6.45) is 2.89. The van der Waals surface area contributed by atoms with Crippen LogP contribution in [0.3, 0.4) is 0 Å². The van der Waals surface area contributed by atoms with Crippen LogP contribution in [0, 0.1) is 11.3 Å². The molecular weight excluding hydrogens is 406 g/mol. The fourth-order valence-corrected chi connectivity index (χ4v) is 4.23. The Morgan fingerprint density at radius 2 is 1.69 bits per heavy atom. The van der Waals surface area contributed by atoms with Gasteiger partial charge in [-0.2, -0.15) is 0 Å². The molecule has 1 atom stereocenters. The number of nitrogens with two attached hydrogens (primary N) is 1. The fraction of sp³-hybridized carbons (Fsp3) is 0.333. The Kier molecular flexibility index (Phi) is 6.20. The molecule has 2 heterocycles. The number of amides is 3. The predicted molar refractivity (Wildman–Crippen MR) is 123 cm³/mol. The lowest BCUT2D eigenvalue weighted by atomic mass is 10.1. The van der Waals surface area contributed by atoms with Crippen molar-refractivity contribution in [3.8, 4) is 0 Å². The van der Waals surface area contributed by atoms with E-state index < -0.39 is 0 Å². The Morgan fingerprint density at radius 3 is 2.38 bits per heavy atom. The number of rotatable bonds is 6. The lowest BCUT2D eigenvalue weighted by Crippen LogP contribution is -2.35. The third kappa shape index (κ3) is 4.64. The first-order valence-corrected chi connectivity index (χ1v) is 10.9. The molecule has 8 nitrogen and oxygen atoms in total. The molecule has 1 unspecified atom stereocenters. The van der Waals surface area contributed by atoms with Gasteiger partial charge in [0.05, 0.1) is 0 Å². The quantitative estimate of drug-likeness (QED) is 0.478. The van der Waals surface area contributed by atoms with Gasteiger partial charge in [-0.1, -0.05) is 12.1 Å². The van der Waals surface area contributed by atoms with Crippen LogP contribution in [0.15, 0.2) is 48.5 Å². The Balaban J connectivity index is 1.35. The van der Waals surface area contributed by atoms with Crippen LogP contribution in [0.4, 0.5) is 11.4 Å². The first kappa shape index (κ1) is 21.5. The van der Waals surface area contributed by atoms with Crippen LogP contribution < -0.4 is 20.9 Å². The summed E-state index contributed by atoms with van der Waals surface area (Å²) in [5.41, 5.74) is 8.08. The van der Waals surface area contributed by atoms with E-state index >= 15 is 0 Å². The van der Waals surface area contributed by atoms with E-state index in [0.717, 1.165) is 30.8 Å². The number of nitrogen functional groups attached to an aromatic ring is 1. The molecule has 3 amide bonds. The summed E-state index contributed by atoms with van der Waals surface area (Å²) in [5, 5.41) is 10.4. The van der Waals surface area contributed by atoms with Gasteiger partial charge in [-0.15, -0.1) is 0 Å². The summed E-state index contributed by atoms with van der Waals surface area (Å²) in [6.45, 7) is 1.64. The standard InChI is InChI=1S/C24H27N5O3/c25-23(26)17-4-3-5-18(13-17)24(32)27-14-16-12-22(31)29(15-16)20-9-7-19(8-10-20)28-11-2-1-6-21(28)30/h3-5,7-10,13,16H,1-2,6,11-12,14-15H2,(H3,25,26)(H,27,32). The van der Waals surface area contributed by atoms with Gasteiger partial charge in [-0.05, 0) is 49.2 Å². The Labute approximate surface area is 186 Å². The summed E-state index contributed by atoms with van der Waals surface area (Å²) >= 11 is 0. The molecule has 2 aromatic carbocycles. The number of piperidine rings is 1. The molecular formula is C24H27N5O3. The molecule has 166 valence electrons. The molecule has 0 bridgehead atoms. The maximum absolute atomic E-state index is 12.6. The monoisotopic (exact) mass is 433 g/mol.